The summed E-state index contributed by atoms with van der Waals surface area (Å²) in [6.45, 7) is 34.3. The number of anilines is 11. The molecule has 5 unspecified atom stereocenters. The van der Waals surface area contributed by atoms with Crippen LogP contribution in [-0.4, -0.2) is 103 Å². The third-order valence-electron chi connectivity index (χ3n) is 25.2. The van der Waals surface area contributed by atoms with Crippen molar-refractivity contribution in [2.45, 2.75) is 160 Å². The Kier molecular flexibility index (Phi) is 19.7. The Morgan fingerprint density at radius 1 is 0.301 bits per heavy atom. The molecule has 23 rings (SSSR count). The van der Waals surface area contributed by atoms with Crippen LogP contribution in [0.4, 0.5) is 62.8 Å². The summed E-state index contributed by atoms with van der Waals surface area (Å²) in [6.07, 6.45) is 19.8. The van der Waals surface area contributed by atoms with Crippen LogP contribution in [-0.2, 0) is 0 Å². The van der Waals surface area contributed by atoms with E-state index in [1.165, 1.54) is 45.0 Å². The van der Waals surface area contributed by atoms with Crippen LogP contribution in [0.2, 0.25) is 0 Å². The standard InChI is InChI=1S/C23H23N3O.C22H22N4O.C21H19N3O.C19H21N3O.C17H17N3O/c1-14(2)25-16(4)26(20-10-6-5-9-19(20)25)21-15(3)11-12-17-18-8-7-13-24-23(18)27-22(17)21;1-13(2)25-15(4)26(22-21(25)23-11-12-24-22)19-14(3)9-10-17-16-7-5-6-8-18(16)27-20(17)19;1-13-10-11-15-16-7-6-12-22-21(16)25-20(15)19(13)24-14(2)23(3)17-8-4-5-9-18(17)24;1-12(2)21-10-11-22(14(21)4)17-13(3)7-8-15-16-6-5-9-20-19(16)23-18(15)17;1-11-6-7-13-14-5-4-8-18-17(14)21-16(13)15(11)20-10-9-19(3)12(20)2/h5-14,16H,1-4H3;5-13,15H,1-4H3;4-12,14H,1-3H3;5-12,14H,1-4H3;4-10,12H,1-3H3/i;13D;;;. The topological polar surface area (TPSA) is 175 Å². The normalized spacial score (nSPS) is 17.5. The first-order valence-electron chi connectivity index (χ1n) is 42.9. The first-order chi connectivity index (χ1) is 59.9. The van der Waals surface area contributed by atoms with Gasteiger partial charge in [-0.1, -0.05) is 103 Å². The summed E-state index contributed by atoms with van der Waals surface area (Å²) in [5.74, 6) is 1.48. The van der Waals surface area contributed by atoms with Gasteiger partial charge in [-0.2, -0.15) is 0 Å². The van der Waals surface area contributed by atoms with Gasteiger partial charge < -0.3 is 66.2 Å². The van der Waals surface area contributed by atoms with E-state index in [0.717, 1.165) is 133 Å². The van der Waals surface area contributed by atoms with Crippen LogP contribution >= 0.6 is 0 Å². The predicted molar refractivity (Wildman–Crippen MR) is 504 cm³/mol. The molecule has 0 radical (unpaired) electrons. The minimum absolute atomic E-state index is 0.123. The van der Waals surface area contributed by atoms with Crippen molar-refractivity contribution in [1.29, 1.82) is 0 Å². The number of benzene rings is 8. The van der Waals surface area contributed by atoms with Crippen LogP contribution in [0.1, 0.15) is 105 Å². The predicted octanol–water partition coefficient (Wildman–Crippen LogP) is 25.1. The Labute approximate surface area is 717 Å². The first kappa shape index (κ1) is 77.5. The molecule has 0 spiro atoms. The second-order valence-corrected chi connectivity index (χ2v) is 33.5. The summed E-state index contributed by atoms with van der Waals surface area (Å²) in [6, 6.07) is 62.8. The van der Waals surface area contributed by atoms with E-state index in [1.54, 1.807) is 37.2 Å². The SMILES string of the molecule is Cc1ccc2c(oc3ncccc32)c1N1C=CN(C(C)C)C1C.Cc1ccc2c(oc3ncccc32)c1N1C=CN(C)C1C.Cc1ccc2c(oc3ncccc32)c1N1c2ccccc2N(C(C)C)C1C.Cc1ccc2c(oc3ncccc32)c1N1c2ccccc2N(C)C1C.[2H]C(C)(C)N1c2nccnc2N(c2c(C)ccc3c2oc2ccccc23)C1C. The summed E-state index contributed by atoms with van der Waals surface area (Å²) >= 11 is 0. The Hall–Kier alpha value is -14.1. The molecular formula is C102H102N16O5. The molecule has 8 aromatic carbocycles. The van der Waals surface area contributed by atoms with Crippen molar-refractivity contribution < 1.29 is 23.5 Å². The lowest BCUT2D eigenvalue weighted by Gasteiger charge is -2.33. The monoisotopic (exact) mass is 1630 g/mol. The van der Waals surface area contributed by atoms with E-state index in [2.05, 4.69) is 349 Å². The van der Waals surface area contributed by atoms with Gasteiger partial charge in [0.1, 0.15) is 36.4 Å². The summed E-state index contributed by atoms with van der Waals surface area (Å²) in [7, 11) is 4.22. The zero-order valence-electron chi connectivity index (χ0n) is 73.8. The summed E-state index contributed by atoms with van der Waals surface area (Å²) in [4.78, 5) is 49.5. The fourth-order valence-electron chi connectivity index (χ4n) is 19.0. The molecule has 0 aliphatic carbocycles. The van der Waals surface area contributed by atoms with E-state index in [4.69, 9.17) is 23.5 Å². The van der Waals surface area contributed by atoms with Crippen LogP contribution in [0.25, 0.3) is 110 Å². The summed E-state index contributed by atoms with van der Waals surface area (Å²) in [5.41, 5.74) is 24.5. The number of hydrogen-bond donors (Lipinski definition) is 0. The molecule has 5 aliphatic rings. The third-order valence-corrected chi connectivity index (χ3v) is 25.2. The van der Waals surface area contributed by atoms with Crippen molar-refractivity contribution in [2.24, 2.45) is 0 Å². The van der Waals surface area contributed by atoms with Crippen molar-refractivity contribution >= 4 is 173 Å². The highest BCUT2D eigenvalue weighted by Gasteiger charge is 2.42. The Bertz CT molecular complexity index is 7240. The van der Waals surface area contributed by atoms with Gasteiger partial charge in [0.25, 0.3) is 0 Å². The molecule has 0 saturated carbocycles. The van der Waals surface area contributed by atoms with Crippen molar-refractivity contribution in [2.75, 3.05) is 53.3 Å². The minimum Gasteiger partial charge on any atom is -0.454 e. The number of aromatic nitrogens is 6. The Morgan fingerprint density at radius 2 is 0.667 bits per heavy atom. The lowest BCUT2D eigenvalue weighted by Crippen LogP contribution is -2.42. The molecule has 620 valence electrons. The number of nitrogens with zero attached hydrogens (tertiary/aromatic N) is 16. The number of para-hydroxylation sites is 5. The van der Waals surface area contributed by atoms with E-state index in [9.17, 15) is 0 Å². The highest BCUT2D eigenvalue weighted by atomic mass is 16.4. The van der Waals surface area contributed by atoms with Gasteiger partial charge in [0.15, 0.2) is 39.6 Å². The maximum absolute atomic E-state index is 8.66. The second kappa shape index (κ2) is 31.2. The molecule has 0 amide bonds. The van der Waals surface area contributed by atoms with Crippen LogP contribution < -0.4 is 39.2 Å². The van der Waals surface area contributed by atoms with E-state index in [-0.39, 0.29) is 30.8 Å². The molecule has 123 heavy (non-hydrogen) atoms. The number of hydrogen-bond acceptors (Lipinski definition) is 21. The molecule has 18 aromatic rings. The fourth-order valence-corrected chi connectivity index (χ4v) is 19.0. The van der Waals surface area contributed by atoms with Crippen molar-refractivity contribution in [3.63, 3.8) is 0 Å². The van der Waals surface area contributed by atoms with Crippen molar-refractivity contribution in [3.05, 3.63) is 272 Å². The van der Waals surface area contributed by atoms with Gasteiger partial charge in [0.2, 0.25) is 22.9 Å². The molecule has 10 aromatic heterocycles. The van der Waals surface area contributed by atoms with E-state index in [0.29, 0.717) is 34.9 Å². The highest BCUT2D eigenvalue weighted by molar-refractivity contribution is 6.14. The smallest absolute Gasteiger partial charge is 0.227 e. The third kappa shape index (κ3) is 13.0. The maximum atomic E-state index is 8.66. The number of furan rings is 5. The molecule has 5 aliphatic heterocycles. The number of rotatable bonds is 8. The first-order valence-corrected chi connectivity index (χ1v) is 42.4. The number of pyridine rings is 4. The van der Waals surface area contributed by atoms with E-state index < -0.39 is 6.02 Å². The molecular weight excluding hydrogens is 1530 g/mol. The summed E-state index contributed by atoms with van der Waals surface area (Å²) < 4.78 is 39.6. The number of fused-ring (bicyclic) bond motifs is 18. The number of aryl methyl sites for hydroxylation is 5. The molecule has 21 nitrogen and oxygen atoms in total. The molecule has 5 atom stereocenters. The van der Waals surface area contributed by atoms with E-state index in [1.807, 2.05) is 61.2 Å². The van der Waals surface area contributed by atoms with Crippen LogP contribution in [0, 0.1) is 34.6 Å². The van der Waals surface area contributed by atoms with Gasteiger partial charge >= 0.3 is 0 Å². The van der Waals surface area contributed by atoms with Gasteiger partial charge in [-0.3, -0.25) is 4.90 Å². The quantitative estimate of drug-likeness (QED) is 0.140. The van der Waals surface area contributed by atoms with Crippen LogP contribution in [0.15, 0.2) is 266 Å². The molecule has 0 bridgehead atoms. The zero-order chi connectivity index (χ0) is 86.2. The minimum atomic E-state index is -0.839. The zero-order valence-corrected chi connectivity index (χ0v) is 72.8. The average molecular weight is 1630 g/mol. The molecule has 21 heteroatoms. The van der Waals surface area contributed by atoms with Crippen molar-refractivity contribution in [1.82, 2.24) is 39.7 Å². The maximum Gasteiger partial charge on any atom is 0.227 e. The van der Waals surface area contributed by atoms with Crippen LogP contribution in [0.5, 0.6) is 0 Å². The second-order valence-electron chi connectivity index (χ2n) is 33.5. The fraction of sp³-hybridized carbons (Fsp3) is 0.255. The van der Waals surface area contributed by atoms with Crippen LogP contribution in [0.3, 0.4) is 0 Å². The Balaban J connectivity index is 0.000000102. The lowest BCUT2D eigenvalue weighted by atomic mass is 10.1. The lowest BCUT2D eigenvalue weighted by molar-refractivity contribution is 0.263. The van der Waals surface area contributed by atoms with Crippen molar-refractivity contribution in [3.8, 4) is 0 Å². The molecule has 15 heterocycles. The molecule has 0 saturated heterocycles. The Morgan fingerprint density at radius 3 is 1.11 bits per heavy atom. The van der Waals surface area contributed by atoms with Gasteiger partial charge in [-0.25, -0.2) is 29.9 Å². The van der Waals surface area contributed by atoms with E-state index >= 15 is 0 Å². The van der Waals surface area contributed by atoms with Gasteiger partial charge in [0.05, 0.1) is 52.6 Å². The molecule has 0 fully saturated rings. The summed E-state index contributed by atoms with van der Waals surface area (Å²) in [5, 5.41) is 10.9. The van der Waals surface area contributed by atoms with Gasteiger partial charge in [-0.15, -0.1) is 0 Å². The van der Waals surface area contributed by atoms with Gasteiger partial charge in [0, 0.05) is 148 Å². The van der Waals surface area contributed by atoms with Gasteiger partial charge in [-0.05, 0) is 217 Å². The average Bonchev–Trinajstić information content (AvgIpc) is 1.58. The largest absolute Gasteiger partial charge is 0.454 e. The molecule has 0 N–H and O–H groups in total. The highest BCUT2D eigenvalue weighted by Crippen LogP contribution is 2.53.